The molecule has 0 fully saturated rings. The maximum absolute atomic E-state index is 12.9. The topological polar surface area (TPSA) is 82.8 Å². The first-order chi connectivity index (χ1) is 14.3. The van der Waals surface area contributed by atoms with Crippen molar-refractivity contribution in [3.63, 3.8) is 0 Å². The lowest BCUT2D eigenvalue weighted by Crippen LogP contribution is -2.20. The minimum Gasteiger partial charge on any atom is -0.480 e. The summed E-state index contributed by atoms with van der Waals surface area (Å²) in [5.74, 6) is 0.262. The molecule has 0 radical (unpaired) electrons. The Morgan fingerprint density at radius 1 is 1.30 bits per heavy atom. The molecule has 0 bridgehead atoms. The molecular weight excluding hydrogens is 541 g/mol. The first-order valence-corrected chi connectivity index (χ1v) is 10.8. The highest BCUT2D eigenvalue weighted by Gasteiger charge is 2.13. The number of ether oxygens (including phenoxy) is 2. The summed E-state index contributed by atoms with van der Waals surface area (Å²) in [6, 6.07) is 8.52. The van der Waals surface area contributed by atoms with Crippen molar-refractivity contribution in [1.82, 2.24) is 9.66 Å². The molecule has 0 N–H and O–H groups in total. The fourth-order valence-electron chi connectivity index (χ4n) is 2.68. The molecule has 30 heavy (non-hydrogen) atoms. The van der Waals surface area contributed by atoms with Crippen molar-refractivity contribution >= 4 is 66.5 Å². The lowest BCUT2D eigenvalue weighted by atomic mass is 10.2. The van der Waals surface area contributed by atoms with Crippen LogP contribution in [0, 0.1) is 6.92 Å². The van der Waals surface area contributed by atoms with Gasteiger partial charge < -0.3 is 9.47 Å². The number of esters is 1. The van der Waals surface area contributed by atoms with Crippen LogP contribution >= 0.6 is 43.5 Å². The Morgan fingerprint density at radius 3 is 2.80 bits per heavy atom. The highest BCUT2D eigenvalue weighted by molar-refractivity contribution is 9.10. The summed E-state index contributed by atoms with van der Waals surface area (Å²) in [6.07, 6.45) is 1.43. The number of aromatic nitrogens is 2. The van der Waals surface area contributed by atoms with Crippen LogP contribution in [0.2, 0.25) is 5.02 Å². The van der Waals surface area contributed by atoms with Gasteiger partial charge in [0.2, 0.25) is 0 Å². The second kappa shape index (κ2) is 9.72. The van der Waals surface area contributed by atoms with Crippen molar-refractivity contribution in [2.75, 3.05) is 13.2 Å². The van der Waals surface area contributed by atoms with Gasteiger partial charge in [0.15, 0.2) is 6.61 Å². The fourth-order valence-corrected chi connectivity index (χ4v) is 3.99. The molecule has 10 heteroatoms. The molecule has 1 aromatic heterocycles. The number of halogens is 3. The van der Waals surface area contributed by atoms with Crippen LogP contribution in [0.4, 0.5) is 0 Å². The zero-order chi connectivity index (χ0) is 21.8. The normalized spacial score (nSPS) is 11.2. The maximum Gasteiger partial charge on any atom is 0.344 e. The van der Waals surface area contributed by atoms with E-state index in [2.05, 4.69) is 41.9 Å². The smallest absolute Gasteiger partial charge is 0.344 e. The lowest BCUT2D eigenvalue weighted by molar-refractivity contribution is -0.145. The molecule has 3 rings (SSSR count). The number of hydrogen-bond donors (Lipinski definition) is 0. The van der Waals surface area contributed by atoms with Gasteiger partial charge in [-0.25, -0.2) is 9.78 Å². The quantitative estimate of drug-likeness (QED) is 0.324. The maximum atomic E-state index is 12.9. The van der Waals surface area contributed by atoms with Gasteiger partial charge in [0.05, 0.1) is 28.2 Å². The zero-order valence-corrected chi connectivity index (χ0v) is 19.9. The average molecular weight is 558 g/mol. The van der Waals surface area contributed by atoms with Crippen LogP contribution in [0.3, 0.4) is 0 Å². The number of fused-ring (bicyclic) bond motifs is 1. The largest absolute Gasteiger partial charge is 0.480 e. The van der Waals surface area contributed by atoms with Crippen LogP contribution in [-0.4, -0.2) is 35.1 Å². The average Bonchev–Trinajstić information content (AvgIpc) is 2.68. The Morgan fingerprint density at radius 2 is 2.07 bits per heavy atom. The first kappa shape index (κ1) is 22.5. The van der Waals surface area contributed by atoms with Crippen molar-refractivity contribution < 1.29 is 14.3 Å². The van der Waals surface area contributed by atoms with Crippen molar-refractivity contribution in [1.29, 1.82) is 0 Å². The highest BCUT2D eigenvalue weighted by Crippen LogP contribution is 2.32. The molecule has 156 valence electrons. The van der Waals surface area contributed by atoms with Gasteiger partial charge in [0.25, 0.3) is 5.56 Å². The molecule has 0 unspecified atom stereocenters. The highest BCUT2D eigenvalue weighted by atomic mass is 79.9. The molecular formula is C20H16Br2ClN3O4. The molecule has 0 saturated heterocycles. The molecule has 0 saturated carbocycles. The van der Waals surface area contributed by atoms with Crippen LogP contribution < -0.4 is 10.3 Å². The van der Waals surface area contributed by atoms with Crippen LogP contribution in [0.5, 0.6) is 5.75 Å². The van der Waals surface area contributed by atoms with E-state index in [9.17, 15) is 9.59 Å². The van der Waals surface area contributed by atoms with Crippen LogP contribution in [0.1, 0.15) is 18.3 Å². The standard InChI is InChI=1S/C20H16Br2ClN3O4/c1-3-29-18(27)10-30-19-12(6-14(23)8-16(19)22)9-24-26-11(2)25-17-5-4-13(21)7-15(17)20(26)28/h4-9H,3,10H2,1-2H3. The number of carbonyl (C=O) groups is 1. The van der Waals surface area contributed by atoms with Gasteiger partial charge in [-0.2, -0.15) is 9.78 Å². The Balaban J connectivity index is 2.02. The third-order valence-electron chi connectivity index (χ3n) is 3.96. The Hall–Kier alpha value is -2.23. The molecule has 0 aliphatic rings. The molecule has 0 amide bonds. The number of hydrogen-bond acceptors (Lipinski definition) is 6. The predicted molar refractivity (Wildman–Crippen MR) is 123 cm³/mol. The van der Waals surface area contributed by atoms with Gasteiger partial charge in [-0.05, 0) is 60.1 Å². The molecule has 0 aliphatic heterocycles. The second-order valence-corrected chi connectivity index (χ2v) is 8.29. The number of nitrogens with zero attached hydrogens (tertiary/aromatic N) is 3. The summed E-state index contributed by atoms with van der Waals surface area (Å²) in [5.41, 5.74) is 0.737. The third-order valence-corrected chi connectivity index (χ3v) is 5.26. The van der Waals surface area contributed by atoms with Crippen molar-refractivity contribution in [2.45, 2.75) is 13.8 Å². The third kappa shape index (κ3) is 5.08. The first-order valence-electron chi connectivity index (χ1n) is 8.81. The number of rotatable bonds is 6. The van der Waals surface area contributed by atoms with Gasteiger partial charge in [-0.1, -0.05) is 27.5 Å². The number of aryl methyl sites for hydroxylation is 1. The fraction of sp³-hybridized carbons (Fsp3) is 0.200. The number of benzene rings is 2. The Labute approximate surface area is 193 Å². The molecule has 1 heterocycles. The van der Waals surface area contributed by atoms with Crippen LogP contribution in [-0.2, 0) is 9.53 Å². The van der Waals surface area contributed by atoms with E-state index in [1.165, 1.54) is 10.9 Å². The second-order valence-electron chi connectivity index (χ2n) is 6.08. The van der Waals surface area contributed by atoms with E-state index in [-0.39, 0.29) is 18.8 Å². The van der Waals surface area contributed by atoms with E-state index in [4.69, 9.17) is 21.1 Å². The van der Waals surface area contributed by atoms with Crippen molar-refractivity contribution in [2.24, 2.45) is 5.10 Å². The molecule has 0 atom stereocenters. The van der Waals surface area contributed by atoms with Gasteiger partial charge in [-0.15, -0.1) is 0 Å². The summed E-state index contributed by atoms with van der Waals surface area (Å²) in [6.45, 7) is 3.38. The van der Waals surface area contributed by atoms with Gasteiger partial charge >= 0.3 is 5.97 Å². The molecule has 3 aromatic rings. The number of carbonyl (C=O) groups excluding carboxylic acids is 1. The van der Waals surface area contributed by atoms with E-state index in [0.29, 0.717) is 37.5 Å². The van der Waals surface area contributed by atoms with Gasteiger partial charge in [0, 0.05) is 15.1 Å². The molecule has 0 spiro atoms. The molecule has 0 aliphatic carbocycles. The summed E-state index contributed by atoms with van der Waals surface area (Å²) in [4.78, 5) is 29.0. The van der Waals surface area contributed by atoms with Crippen molar-refractivity contribution in [3.05, 3.63) is 66.0 Å². The minimum atomic E-state index is -0.501. The monoisotopic (exact) mass is 555 g/mol. The van der Waals surface area contributed by atoms with Crippen LogP contribution in [0.15, 0.2) is 49.2 Å². The Kier molecular flexibility index (Phi) is 7.27. The van der Waals surface area contributed by atoms with E-state index in [0.717, 1.165) is 4.47 Å². The Bertz CT molecular complexity index is 1210. The summed E-state index contributed by atoms with van der Waals surface area (Å²) < 4.78 is 13.0. The lowest BCUT2D eigenvalue weighted by Gasteiger charge is -2.11. The van der Waals surface area contributed by atoms with E-state index >= 15 is 0 Å². The van der Waals surface area contributed by atoms with E-state index in [1.807, 2.05) is 6.07 Å². The zero-order valence-electron chi connectivity index (χ0n) is 16.0. The summed E-state index contributed by atoms with van der Waals surface area (Å²) in [7, 11) is 0. The van der Waals surface area contributed by atoms with Gasteiger partial charge in [-0.3, -0.25) is 4.79 Å². The van der Waals surface area contributed by atoms with Gasteiger partial charge in [0.1, 0.15) is 11.6 Å². The van der Waals surface area contributed by atoms with E-state index < -0.39 is 5.97 Å². The minimum absolute atomic E-state index is 0.256. The molecule has 7 nitrogen and oxygen atoms in total. The summed E-state index contributed by atoms with van der Waals surface area (Å²) >= 11 is 12.9. The molecule has 2 aromatic carbocycles. The van der Waals surface area contributed by atoms with E-state index in [1.54, 1.807) is 38.1 Å². The predicted octanol–water partition coefficient (Wildman–Crippen LogP) is 4.71. The summed E-state index contributed by atoms with van der Waals surface area (Å²) in [5, 5.41) is 5.14. The van der Waals surface area contributed by atoms with Crippen molar-refractivity contribution in [3.8, 4) is 5.75 Å². The van der Waals surface area contributed by atoms with Crippen LogP contribution in [0.25, 0.3) is 10.9 Å². The SMILES string of the molecule is CCOC(=O)COc1c(Br)cc(Cl)cc1C=Nn1c(C)nc2ccc(Br)cc2c1=O.